The molecule has 0 fully saturated rings. The smallest absolute Gasteiger partial charge is 0.306 e. The maximum atomic E-state index is 13.3. The van der Waals surface area contributed by atoms with E-state index in [2.05, 4.69) is 74.7 Å². The van der Waals surface area contributed by atoms with Gasteiger partial charge in [-0.1, -0.05) is 268 Å². The van der Waals surface area contributed by atoms with Gasteiger partial charge in [0, 0.05) is 6.42 Å². The van der Waals surface area contributed by atoms with Crippen molar-refractivity contribution >= 4 is 11.9 Å². The normalized spacial score (nSPS) is 13.4. The number of carbonyl (C=O) groups is 2. The maximum absolute atomic E-state index is 13.3. The number of hydrogen-bond acceptors (Lipinski definition) is 5. The lowest BCUT2D eigenvalue weighted by atomic mass is 10.0. The predicted molar refractivity (Wildman–Crippen MR) is 301 cm³/mol. The minimum absolute atomic E-state index is 0.0630. The molecule has 0 radical (unpaired) electrons. The molecule has 0 aliphatic heterocycles. The van der Waals surface area contributed by atoms with Gasteiger partial charge in [-0.25, -0.2) is 0 Å². The standard InChI is InChI=1S/C63H117NO5/c1-4-7-10-13-16-19-22-25-28-31-33-36-39-42-45-48-51-54-59(69-63(68)56-53-50-47-44-41-38-35-30-27-24-21-18-15-12-9-6-3)57-62(67)64-60(58-65)61(66)55-52-49-46-43-40-37-34-32-29-26-23-20-17-14-11-8-5-2/h16,19,25,28,30,35,38,41,59-61,65-66H,4-15,17-18,20-24,26-27,29,31-34,36-37,39-40,42-58H2,1-3H3,(H,64,67)/b19-16-,28-25-,35-30+,41-38+. The Morgan fingerprint density at radius 3 is 1.22 bits per heavy atom. The van der Waals surface area contributed by atoms with Crippen molar-refractivity contribution in [2.75, 3.05) is 6.61 Å². The van der Waals surface area contributed by atoms with Crippen LogP contribution in [-0.4, -0.2) is 46.9 Å². The Kier molecular flexibility index (Phi) is 54.9. The molecular weight excluding hydrogens is 851 g/mol. The maximum Gasteiger partial charge on any atom is 0.306 e. The highest BCUT2D eigenvalue weighted by molar-refractivity contribution is 5.77. The van der Waals surface area contributed by atoms with Crippen LogP contribution in [0.3, 0.4) is 0 Å². The molecule has 69 heavy (non-hydrogen) atoms. The van der Waals surface area contributed by atoms with Gasteiger partial charge in [0.2, 0.25) is 5.91 Å². The van der Waals surface area contributed by atoms with Crippen LogP contribution in [0.4, 0.5) is 0 Å². The van der Waals surface area contributed by atoms with Crippen LogP contribution in [-0.2, 0) is 14.3 Å². The molecule has 0 aromatic heterocycles. The molecule has 6 nitrogen and oxygen atoms in total. The Hall–Kier alpha value is -2.18. The fourth-order valence-electron chi connectivity index (χ4n) is 9.28. The number of nitrogens with one attached hydrogen (secondary N) is 1. The Balaban J connectivity index is 4.58. The molecular formula is C63H117NO5. The van der Waals surface area contributed by atoms with Gasteiger partial charge in [-0.2, -0.15) is 0 Å². The number of aliphatic hydroxyl groups excluding tert-OH is 2. The number of hydrogen-bond donors (Lipinski definition) is 3. The number of allylic oxidation sites excluding steroid dienone is 8. The number of ether oxygens (including phenoxy) is 1. The van der Waals surface area contributed by atoms with Gasteiger partial charge < -0.3 is 20.3 Å². The van der Waals surface area contributed by atoms with Gasteiger partial charge in [-0.3, -0.25) is 9.59 Å². The second-order valence-corrected chi connectivity index (χ2v) is 20.8. The van der Waals surface area contributed by atoms with E-state index in [1.807, 2.05) is 0 Å². The van der Waals surface area contributed by atoms with E-state index in [1.54, 1.807) is 0 Å². The minimum atomic E-state index is -0.796. The van der Waals surface area contributed by atoms with E-state index in [9.17, 15) is 19.8 Å². The molecule has 0 bridgehead atoms. The summed E-state index contributed by atoms with van der Waals surface area (Å²) in [5, 5.41) is 23.9. The van der Waals surface area contributed by atoms with E-state index in [0.717, 1.165) is 83.5 Å². The van der Waals surface area contributed by atoms with Crippen molar-refractivity contribution in [3.8, 4) is 0 Å². The van der Waals surface area contributed by atoms with Crippen molar-refractivity contribution in [3.63, 3.8) is 0 Å². The highest BCUT2D eigenvalue weighted by atomic mass is 16.5. The molecule has 0 rings (SSSR count). The fourth-order valence-corrected chi connectivity index (χ4v) is 9.28. The number of rotatable bonds is 55. The summed E-state index contributed by atoms with van der Waals surface area (Å²) in [6, 6.07) is -0.711. The van der Waals surface area contributed by atoms with Crippen molar-refractivity contribution in [1.29, 1.82) is 0 Å². The average molecular weight is 969 g/mol. The number of esters is 1. The van der Waals surface area contributed by atoms with Crippen LogP contribution in [0.5, 0.6) is 0 Å². The molecule has 0 saturated carbocycles. The third-order valence-electron chi connectivity index (χ3n) is 13.9. The summed E-state index contributed by atoms with van der Waals surface area (Å²) in [7, 11) is 0. The molecule has 0 spiro atoms. The molecule has 1 amide bonds. The largest absolute Gasteiger partial charge is 0.462 e. The van der Waals surface area contributed by atoms with E-state index < -0.39 is 18.2 Å². The van der Waals surface area contributed by atoms with E-state index in [1.165, 1.54) is 186 Å². The first-order chi connectivity index (χ1) is 34.0. The van der Waals surface area contributed by atoms with Gasteiger partial charge in [-0.15, -0.1) is 0 Å². The second kappa shape index (κ2) is 56.7. The number of amides is 1. The molecule has 0 aliphatic rings. The summed E-state index contributed by atoms with van der Waals surface area (Å²) < 4.78 is 5.96. The van der Waals surface area contributed by atoms with E-state index in [-0.39, 0.29) is 24.9 Å². The van der Waals surface area contributed by atoms with Gasteiger partial charge in [0.15, 0.2) is 0 Å². The van der Waals surface area contributed by atoms with Gasteiger partial charge >= 0.3 is 5.97 Å². The van der Waals surface area contributed by atoms with Crippen molar-refractivity contribution in [1.82, 2.24) is 5.32 Å². The molecule has 0 heterocycles. The summed E-state index contributed by atoms with van der Waals surface area (Å²) >= 11 is 0. The third kappa shape index (κ3) is 52.0. The van der Waals surface area contributed by atoms with Crippen LogP contribution in [0.25, 0.3) is 0 Å². The first-order valence-corrected chi connectivity index (χ1v) is 30.4. The van der Waals surface area contributed by atoms with Crippen LogP contribution in [0.1, 0.15) is 316 Å². The lowest BCUT2D eigenvalue weighted by molar-refractivity contribution is -0.151. The Morgan fingerprint density at radius 2 is 0.783 bits per heavy atom. The molecule has 0 saturated heterocycles. The molecule has 3 N–H and O–H groups in total. The second-order valence-electron chi connectivity index (χ2n) is 20.8. The first kappa shape index (κ1) is 66.8. The van der Waals surface area contributed by atoms with E-state index in [0.29, 0.717) is 19.3 Å². The van der Waals surface area contributed by atoms with E-state index in [4.69, 9.17) is 4.74 Å². The van der Waals surface area contributed by atoms with Crippen LogP contribution in [0.15, 0.2) is 48.6 Å². The van der Waals surface area contributed by atoms with E-state index >= 15 is 0 Å². The first-order valence-electron chi connectivity index (χ1n) is 30.4. The lowest BCUT2D eigenvalue weighted by Gasteiger charge is -2.24. The molecule has 0 aromatic carbocycles. The monoisotopic (exact) mass is 968 g/mol. The van der Waals surface area contributed by atoms with Gasteiger partial charge in [-0.05, 0) is 83.5 Å². The summed E-state index contributed by atoms with van der Waals surface area (Å²) in [5.41, 5.74) is 0. The van der Waals surface area contributed by atoms with Crippen molar-refractivity contribution < 1.29 is 24.5 Å². The third-order valence-corrected chi connectivity index (χ3v) is 13.9. The average Bonchev–Trinajstić information content (AvgIpc) is 3.34. The summed E-state index contributed by atoms with van der Waals surface area (Å²) in [6.07, 6.45) is 70.3. The fraction of sp³-hybridized carbons (Fsp3) is 0.841. The van der Waals surface area contributed by atoms with Crippen molar-refractivity contribution in [2.45, 2.75) is 334 Å². The minimum Gasteiger partial charge on any atom is -0.462 e. The molecule has 3 atom stereocenters. The Labute approximate surface area is 429 Å². The van der Waals surface area contributed by atoms with Gasteiger partial charge in [0.1, 0.15) is 6.10 Å². The topological polar surface area (TPSA) is 95.9 Å². The summed E-state index contributed by atoms with van der Waals surface area (Å²) in [5.74, 6) is -0.500. The summed E-state index contributed by atoms with van der Waals surface area (Å²) in [4.78, 5) is 26.3. The zero-order valence-electron chi connectivity index (χ0n) is 46.2. The molecule has 404 valence electrons. The van der Waals surface area contributed by atoms with Gasteiger partial charge in [0.05, 0.1) is 25.2 Å². The van der Waals surface area contributed by atoms with Crippen LogP contribution < -0.4 is 5.32 Å². The van der Waals surface area contributed by atoms with Gasteiger partial charge in [0.25, 0.3) is 0 Å². The SMILES string of the molecule is CCCCC/C=C\C/C=C\CCCCCCCCCC(CC(=O)NC(CO)C(O)CCCCCCCCCCCCCCCCCCC)OC(=O)CCCCC/C=C/C=C/CCCCCCCCC. The molecule has 0 aliphatic carbocycles. The highest BCUT2D eigenvalue weighted by Crippen LogP contribution is 2.18. The Morgan fingerprint density at radius 1 is 0.435 bits per heavy atom. The molecule has 0 aromatic rings. The zero-order valence-corrected chi connectivity index (χ0v) is 46.2. The predicted octanol–water partition coefficient (Wildman–Crippen LogP) is 19.0. The Bertz CT molecular complexity index is 1180. The zero-order chi connectivity index (χ0) is 50.2. The number of aliphatic hydroxyl groups is 2. The highest BCUT2D eigenvalue weighted by Gasteiger charge is 2.24. The summed E-state index contributed by atoms with van der Waals surface area (Å²) in [6.45, 7) is 6.48. The number of unbranched alkanes of at least 4 members (excludes halogenated alkanes) is 36. The molecule has 6 heteroatoms. The van der Waals surface area contributed by atoms with Crippen LogP contribution in [0.2, 0.25) is 0 Å². The van der Waals surface area contributed by atoms with Crippen LogP contribution >= 0.6 is 0 Å². The molecule has 3 unspecified atom stereocenters. The van der Waals surface area contributed by atoms with Crippen molar-refractivity contribution in [3.05, 3.63) is 48.6 Å². The quantitative estimate of drug-likeness (QED) is 0.0244. The van der Waals surface area contributed by atoms with Crippen LogP contribution in [0, 0.1) is 0 Å². The lowest BCUT2D eigenvalue weighted by Crippen LogP contribution is -2.46. The number of carbonyl (C=O) groups excluding carboxylic acids is 2. The van der Waals surface area contributed by atoms with Crippen molar-refractivity contribution in [2.24, 2.45) is 0 Å².